The van der Waals surface area contributed by atoms with Crippen molar-refractivity contribution in [1.29, 1.82) is 0 Å². The SMILES string of the molecule is CCOc1ccccc1N=c1oc2c(C)ncc(CO)c2cc1C(=O)Nc1ccccc1Cl. The van der Waals surface area contributed by atoms with Gasteiger partial charge in [0.2, 0.25) is 5.55 Å². The largest absolute Gasteiger partial charge is 0.492 e. The predicted octanol–water partition coefficient (Wildman–Crippen LogP) is 5.17. The zero-order chi connectivity index (χ0) is 23.4. The summed E-state index contributed by atoms with van der Waals surface area (Å²) in [5, 5.41) is 13.6. The third-order valence-corrected chi connectivity index (χ3v) is 5.30. The fraction of sp³-hybridized carbons (Fsp3) is 0.160. The van der Waals surface area contributed by atoms with E-state index in [1.54, 1.807) is 55.6 Å². The van der Waals surface area contributed by atoms with Gasteiger partial charge in [-0.25, -0.2) is 4.99 Å². The maximum absolute atomic E-state index is 13.3. The van der Waals surface area contributed by atoms with Crippen molar-refractivity contribution in [1.82, 2.24) is 4.98 Å². The van der Waals surface area contributed by atoms with Gasteiger partial charge in [0, 0.05) is 17.1 Å². The first-order chi connectivity index (χ1) is 16.0. The van der Waals surface area contributed by atoms with Crippen molar-refractivity contribution in [3.8, 4) is 5.75 Å². The number of benzene rings is 2. The number of anilines is 1. The van der Waals surface area contributed by atoms with Crippen molar-refractivity contribution < 1.29 is 19.1 Å². The Hall–Kier alpha value is -3.68. The lowest BCUT2D eigenvalue weighted by atomic mass is 10.1. The monoisotopic (exact) mass is 463 g/mol. The third-order valence-electron chi connectivity index (χ3n) is 4.98. The summed E-state index contributed by atoms with van der Waals surface area (Å²) < 4.78 is 11.8. The maximum atomic E-state index is 13.3. The van der Waals surface area contributed by atoms with Crippen molar-refractivity contribution in [3.63, 3.8) is 0 Å². The van der Waals surface area contributed by atoms with Gasteiger partial charge in [0.05, 0.1) is 29.6 Å². The minimum absolute atomic E-state index is 0.0826. The zero-order valence-electron chi connectivity index (χ0n) is 18.1. The molecule has 0 bridgehead atoms. The maximum Gasteiger partial charge on any atom is 0.261 e. The summed E-state index contributed by atoms with van der Waals surface area (Å²) in [4.78, 5) is 22.2. The second kappa shape index (κ2) is 9.85. The predicted molar refractivity (Wildman–Crippen MR) is 127 cm³/mol. The fourth-order valence-corrected chi connectivity index (χ4v) is 3.53. The number of nitrogens with one attached hydrogen (secondary N) is 1. The number of nitrogens with zero attached hydrogens (tertiary/aromatic N) is 2. The number of rotatable bonds is 6. The molecular weight excluding hydrogens is 442 g/mol. The highest BCUT2D eigenvalue weighted by Gasteiger charge is 2.17. The number of aliphatic hydroxyl groups is 1. The van der Waals surface area contributed by atoms with Gasteiger partial charge < -0.3 is 19.6 Å². The van der Waals surface area contributed by atoms with Crippen molar-refractivity contribution in [2.24, 2.45) is 4.99 Å². The molecule has 0 saturated carbocycles. The number of ether oxygens (including phenoxy) is 1. The molecule has 33 heavy (non-hydrogen) atoms. The van der Waals surface area contributed by atoms with E-state index in [-0.39, 0.29) is 17.7 Å². The average molecular weight is 464 g/mol. The number of aryl methyl sites for hydroxylation is 1. The van der Waals surface area contributed by atoms with Crippen LogP contribution in [0.5, 0.6) is 5.75 Å². The van der Waals surface area contributed by atoms with Gasteiger partial charge in [-0.15, -0.1) is 0 Å². The van der Waals surface area contributed by atoms with Gasteiger partial charge in [-0.1, -0.05) is 35.9 Å². The first kappa shape index (κ1) is 22.5. The highest BCUT2D eigenvalue weighted by atomic mass is 35.5. The van der Waals surface area contributed by atoms with E-state index >= 15 is 0 Å². The zero-order valence-corrected chi connectivity index (χ0v) is 18.9. The van der Waals surface area contributed by atoms with Crippen LogP contribution in [-0.4, -0.2) is 22.6 Å². The topological polar surface area (TPSA) is 97.0 Å². The second-order valence-corrected chi connectivity index (χ2v) is 7.59. The van der Waals surface area contributed by atoms with Crippen LogP contribution in [0.3, 0.4) is 0 Å². The number of pyridine rings is 1. The molecule has 0 aliphatic rings. The van der Waals surface area contributed by atoms with Crippen LogP contribution in [0, 0.1) is 6.92 Å². The minimum atomic E-state index is -0.459. The first-order valence-electron chi connectivity index (χ1n) is 10.4. The minimum Gasteiger partial charge on any atom is -0.492 e. The van der Waals surface area contributed by atoms with Crippen LogP contribution < -0.4 is 15.6 Å². The van der Waals surface area contributed by atoms with Crippen LogP contribution in [0.2, 0.25) is 5.02 Å². The van der Waals surface area contributed by atoms with E-state index in [4.69, 9.17) is 20.8 Å². The van der Waals surface area contributed by atoms with Crippen molar-refractivity contribution in [3.05, 3.63) is 88.2 Å². The molecule has 0 unspecified atom stereocenters. The number of halogens is 1. The van der Waals surface area contributed by atoms with E-state index in [0.717, 1.165) is 0 Å². The van der Waals surface area contributed by atoms with Crippen LogP contribution in [0.15, 0.2) is 70.2 Å². The van der Waals surface area contributed by atoms with E-state index in [9.17, 15) is 9.90 Å². The Bertz CT molecular complexity index is 1400. The number of carbonyl (C=O) groups excluding carboxylic acids is 1. The molecule has 168 valence electrons. The van der Waals surface area contributed by atoms with Gasteiger partial charge >= 0.3 is 0 Å². The molecular formula is C25H22ClN3O4. The first-order valence-corrected chi connectivity index (χ1v) is 10.7. The van der Waals surface area contributed by atoms with Gasteiger partial charge in [0.25, 0.3) is 5.91 Å². The molecule has 0 radical (unpaired) electrons. The molecule has 4 aromatic rings. The van der Waals surface area contributed by atoms with E-state index in [0.29, 0.717) is 51.0 Å². The Labute approximate surface area is 195 Å². The van der Waals surface area contributed by atoms with Crippen LogP contribution in [0.1, 0.15) is 28.5 Å². The van der Waals surface area contributed by atoms with E-state index < -0.39 is 5.91 Å². The van der Waals surface area contributed by atoms with Crippen LogP contribution in [0.4, 0.5) is 11.4 Å². The Balaban J connectivity index is 1.95. The van der Waals surface area contributed by atoms with E-state index in [1.807, 2.05) is 19.1 Å². The highest BCUT2D eigenvalue weighted by Crippen LogP contribution is 2.28. The van der Waals surface area contributed by atoms with Crippen LogP contribution >= 0.6 is 11.6 Å². The lowest BCUT2D eigenvalue weighted by Crippen LogP contribution is -2.22. The number of hydrogen-bond acceptors (Lipinski definition) is 6. The van der Waals surface area contributed by atoms with Gasteiger partial charge in [-0.3, -0.25) is 9.78 Å². The third kappa shape index (κ3) is 4.74. The Morgan fingerprint density at radius 2 is 1.97 bits per heavy atom. The molecule has 0 atom stereocenters. The second-order valence-electron chi connectivity index (χ2n) is 7.18. The lowest BCUT2D eigenvalue weighted by Gasteiger charge is -2.11. The van der Waals surface area contributed by atoms with Gasteiger partial charge in [-0.2, -0.15) is 0 Å². The van der Waals surface area contributed by atoms with Gasteiger partial charge in [0.15, 0.2) is 5.58 Å². The number of hydrogen-bond donors (Lipinski definition) is 2. The molecule has 2 aromatic heterocycles. The summed E-state index contributed by atoms with van der Waals surface area (Å²) in [7, 11) is 0. The summed E-state index contributed by atoms with van der Waals surface area (Å²) in [6, 6.07) is 15.8. The summed E-state index contributed by atoms with van der Waals surface area (Å²) in [6.45, 7) is 3.87. The van der Waals surface area contributed by atoms with Crippen LogP contribution in [0.25, 0.3) is 11.0 Å². The number of carbonyl (C=O) groups is 1. The quantitative estimate of drug-likeness (QED) is 0.411. The summed E-state index contributed by atoms with van der Waals surface area (Å²) in [5.74, 6) is 0.103. The van der Waals surface area contributed by atoms with Crippen molar-refractivity contribution in [2.45, 2.75) is 20.5 Å². The summed E-state index contributed by atoms with van der Waals surface area (Å²) in [5.41, 5.74) is 2.80. The van der Waals surface area contributed by atoms with E-state index in [2.05, 4.69) is 15.3 Å². The molecule has 2 heterocycles. The Morgan fingerprint density at radius 1 is 1.21 bits per heavy atom. The molecule has 7 nitrogen and oxygen atoms in total. The van der Waals surface area contributed by atoms with Crippen molar-refractivity contribution in [2.75, 3.05) is 11.9 Å². The van der Waals surface area contributed by atoms with Gasteiger partial charge in [0.1, 0.15) is 17.0 Å². The highest BCUT2D eigenvalue weighted by molar-refractivity contribution is 6.33. The smallest absolute Gasteiger partial charge is 0.261 e. The van der Waals surface area contributed by atoms with Crippen LogP contribution in [-0.2, 0) is 6.61 Å². The molecule has 0 saturated heterocycles. The molecule has 0 aliphatic heterocycles. The number of aliphatic hydroxyl groups excluding tert-OH is 1. The summed E-state index contributed by atoms with van der Waals surface area (Å²) in [6.07, 6.45) is 1.56. The molecule has 4 rings (SSSR count). The molecule has 0 spiro atoms. The van der Waals surface area contributed by atoms with E-state index in [1.165, 1.54) is 0 Å². The summed E-state index contributed by atoms with van der Waals surface area (Å²) >= 11 is 6.22. The molecule has 2 aromatic carbocycles. The fourth-order valence-electron chi connectivity index (χ4n) is 3.35. The number of para-hydroxylation sites is 3. The van der Waals surface area contributed by atoms with Crippen molar-refractivity contribution >= 4 is 39.9 Å². The Morgan fingerprint density at radius 3 is 2.73 bits per heavy atom. The number of amides is 1. The molecule has 8 heteroatoms. The molecule has 0 aliphatic carbocycles. The van der Waals surface area contributed by atoms with Gasteiger partial charge in [-0.05, 0) is 44.2 Å². The molecule has 0 fully saturated rings. The standard InChI is InChI=1S/C25H22ClN3O4/c1-3-32-22-11-7-6-10-21(22)29-25-18(24(31)28-20-9-5-4-8-19(20)26)12-17-16(14-30)13-27-15(2)23(17)33-25/h4-13,30H,3,14H2,1-2H3,(H,28,31). The Kier molecular flexibility index (Phi) is 6.72. The molecule has 1 amide bonds. The molecule has 2 N–H and O–H groups in total. The number of aromatic nitrogens is 1. The normalized spacial score (nSPS) is 11.6. The number of fused-ring (bicyclic) bond motifs is 1. The lowest BCUT2D eigenvalue weighted by molar-refractivity contribution is 0.102. The average Bonchev–Trinajstić information content (AvgIpc) is 2.82.